The molecule has 0 unspecified atom stereocenters. The van der Waals surface area contributed by atoms with Crippen LogP contribution in [0.1, 0.15) is 63.3 Å². The maximum atomic E-state index is 13.1. The van der Waals surface area contributed by atoms with E-state index in [4.69, 9.17) is 0 Å². The Labute approximate surface area is 161 Å². The van der Waals surface area contributed by atoms with E-state index in [1.165, 1.54) is 42.1 Å². The molecule has 2 aromatic heterocycles. The SMILES string of the molecule is Cc1ncc(CN2CC[C@]23CCCN(C(=O)c2nnsc2C2CC2)C3)s1. The topological polar surface area (TPSA) is 62.2 Å². The van der Waals surface area contributed by atoms with Gasteiger partial charge in [-0.2, -0.15) is 0 Å². The molecule has 1 saturated carbocycles. The maximum absolute atomic E-state index is 13.1. The van der Waals surface area contributed by atoms with Gasteiger partial charge in [0.1, 0.15) is 0 Å². The molecule has 1 aliphatic carbocycles. The second-order valence-electron chi connectivity index (χ2n) is 7.83. The zero-order valence-corrected chi connectivity index (χ0v) is 16.6. The van der Waals surface area contributed by atoms with Gasteiger partial charge in [-0.25, -0.2) is 4.98 Å². The van der Waals surface area contributed by atoms with Crippen LogP contribution < -0.4 is 0 Å². The van der Waals surface area contributed by atoms with Gasteiger partial charge < -0.3 is 4.90 Å². The Morgan fingerprint density at radius 3 is 2.92 bits per heavy atom. The number of carbonyl (C=O) groups is 1. The lowest BCUT2D eigenvalue weighted by molar-refractivity contribution is -0.0644. The number of likely N-dealkylation sites (tertiary alicyclic amines) is 2. The maximum Gasteiger partial charge on any atom is 0.275 e. The Morgan fingerprint density at radius 2 is 2.23 bits per heavy atom. The van der Waals surface area contributed by atoms with Gasteiger partial charge in [-0.1, -0.05) is 4.49 Å². The minimum absolute atomic E-state index is 0.0974. The lowest BCUT2D eigenvalue weighted by Gasteiger charge is -2.57. The summed E-state index contributed by atoms with van der Waals surface area (Å²) in [6.07, 6.45) is 7.78. The molecule has 2 saturated heterocycles. The first-order valence-corrected chi connectivity index (χ1v) is 11.0. The molecule has 2 aromatic rings. The van der Waals surface area contributed by atoms with Gasteiger partial charge in [0.25, 0.3) is 5.91 Å². The zero-order chi connectivity index (χ0) is 17.7. The molecule has 0 N–H and O–H groups in total. The monoisotopic (exact) mass is 389 g/mol. The Hall–Kier alpha value is -1.38. The highest BCUT2D eigenvalue weighted by atomic mass is 32.1. The highest BCUT2D eigenvalue weighted by Gasteiger charge is 2.48. The summed E-state index contributed by atoms with van der Waals surface area (Å²) in [6.45, 7) is 5.80. The minimum atomic E-state index is 0.0974. The standard InChI is InChI=1S/C18H23N5OS2/c1-12-19-9-14(25-12)10-23-8-6-18(23)5-2-7-22(11-18)17(24)15-16(13-3-4-13)26-21-20-15/h9,13H,2-8,10-11H2,1H3/t18-/m0/s1. The van der Waals surface area contributed by atoms with Gasteiger partial charge in [-0.05, 0) is 56.5 Å². The third-order valence-electron chi connectivity index (χ3n) is 6.04. The second-order valence-corrected chi connectivity index (χ2v) is 9.94. The van der Waals surface area contributed by atoms with Crippen LogP contribution in [0.15, 0.2) is 6.20 Å². The number of nitrogens with zero attached hydrogens (tertiary/aromatic N) is 5. The fraction of sp³-hybridized carbons (Fsp3) is 0.667. The van der Waals surface area contributed by atoms with Crippen molar-refractivity contribution in [2.75, 3.05) is 19.6 Å². The molecule has 8 heteroatoms. The van der Waals surface area contributed by atoms with E-state index in [-0.39, 0.29) is 11.4 Å². The summed E-state index contributed by atoms with van der Waals surface area (Å²) in [5, 5.41) is 5.31. The summed E-state index contributed by atoms with van der Waals surface area (Å²) >= 11 is 3.19. The van der Waals surface area contributed by atoms with Gasteiger partial charge in [0.05, 0.1) is 9.88 Å². The van der Waals surface area contributed by atoms with E-state index in [1.54, 1.807) is 11.3 Å². The van der Waals surface area contributed by atoms with Gasteiger partial charge in [-0.3, -0.25) is 9.69 Å². The molecule has 3 aliphatic rings. The summed E-state index contributed by atoms with van der Waals surface area (Å²) in [4.78, 5) is 24.5. The van der Waals surface area contributed by atoms with Gasteiger partial charge >= 0.3 is 0 Å². The zero-order valence-electron chi connectivity index (χ0n) is 15.0. The predicted octanol–water partition coefficient (Wildman–Crippen LogP) is 3.06. The third-order valence-corrected chi connectivity index (χ3v) is 7.82. The number of aryl methyl sites for hydroxylation is 1. The molecular weight excluding hydrogens is 366 g/mol. The molecule has 4 heterocycles. The number of carbonyl (C=O) groups excluding carboxylic acids is 1. The third kappa shape index (κ3) is 2.88. The van der Waals surface area contributed by atoms with Crippen LogP contribution in [-0.4, -0.2) is 55.5 Å². The smallest absolute Gasteiger partial charge is 0.275 e. The largest absolute Gasteiger partial charge is 0.335 e. The fourth-order valence-corrected chi connectivity index (χ4v) is 5.98. The van der Waals surface area contributed by atoms with Crippen molar-refractivity contribution in [3.8, 4) is 0 Å². The minimum Gasteiger partial charge on any atom is -0.335 e. The molecule has 138 valence electrons. The highest BCUT2D eigenvalue weighted by Crippen LogP contribution is 2.44. The van der Waals surface area contributed by atoms with Crippen molar-refractivity contribution < 1.29 is 4.79 Å². The van der Waals surface area contributed by atoms with Crippen molar-refractivity contribution in [3.63, 3.8) is 0 Å². The van der Waals surface area contributed by atoms with Crippen LogP contribution in [-0.2, 0) is 6.54 Å². The first-order chi connectivity index (χ1) is 12.6. The molecule has 5 rings (SSSR count). The second kappa shape index (κ2) is 6.35. The summed E-state index contributed by atoms with van der Waals surface area (Å²) < 4.78 is 4.07. The summed E-state index contributed by atoms with van der Waals surface area (Å²) in [5.74, 6) is 0.627. The molecule has 1 amide bonds. The molecule has 0 aromatic carbocycles. The number of amides is 1. The Morgan fingerprint density at radius 1 is 1.35 bits per heavy atom. The quantitative estimate of drug-likeness (QED) is 0.804. The van der Waals surface area contributed by atoms with E-state index in [0.717, 1.165) is 42.5 Å². The van der Waals surface area contributed by atoms with Crippen LogP contribution in [0.5, 0.6) is 0 Å². The van der Waals surface area contributed by atoms with E-state index < -0.39 is 0 Å². The van der Waals surface area contributed by atoms with Gasteiger partial charge in [0.2, 0.25) is 0 Å². The molecule has 2 aliphatic heterocycles. The van der Waals surface area contributed by atoms with E-state index >= 15 is 0 Å². The number of piperidine rings is 1. The van der Waals surface area contributed by atoms with E-state index in [0.29, 0.717) is 11.6 Å². The summed E-state index contributed by atoms with van der Waals surface area (Å²) in [6, 6.07) is 0. The highest BCUT2D eigenvalue weighted by molar-refractivity contribution is 7.11. The average Bonchev–Trinajstić information content (AvgIpc) is 3.23. The van der Waals surface area contributed by atoms with E-state index in [1.807, 2.05) is 11.1 Å². The average molecular weight is 390 g/mol. The van der Waals surface area contributed by atoms with Gasteiger partial charge in [0, 0.05) is 42.8 Å². The lowest BCUT2D eigenvalue weighted by atomic mass is 9.77. The molecular formula is C18H23N5OS2. The van der Waals surface area contributed by atoms with E-state index in [2.05, 4.69) is 26.4 Å². The van der Waals surface area contributed by atoms with Crippen LogP contribution in [0.2, 0.25) is 0 Å². The predicted molar refractivity (Wildman–Crippen MR) is 102 cm³/mol. The van der Waals surface area contributed by atoms with Crippen LogP contribution >= 0.6 is 22.9 Å². The first kappa shape index (κ1) is 16.8. The molecule has 3 fully saturated rings. The van der Waals surface area contributed by atoms with Crippen LogP contribution in [0.4, 0.5) is 0 Å². The number of thiazole rings is 1. The van der Waals surface area contributed by atoms with Crippen molar-refractivity contribution in [1.82, 2.24) is 24.4 Å². The molecule has 6 nitrogen and oxygen atoms in total. The number of hydrogen-bond acceptors (Lipinski definition) is 7. The molecule has 26 heavy (non-hydrogen) atoms. The Balaban J connectivity index is 1.31. The van der Waals surface area contributed by atoms with Crippen molar-refractivity contribution >= 4 is 28.8 Å². The molecule has 0 bridgehead atoms. The van der Waals surface area contributed by atoms with Gasteiger partial charge in [-0.15, -0.1) is 16.4 Å². The van der Waals surface area contributed by atoms with Crippen LogP contribution in [0.25, 0.3) is 0 Å². The van der Waals surface area contributed by atoms with Crippen LogP contribution in [0.3, 0.4) is 0 Å². The fourth-order valence-electron chi connectivity index (χ4n) is 4.36. The molecule has 1 spiro atoms. The van der Waals surface area contributed by atoms with Crippen molar-refractivity contribution in [1.29, 1.82) is 0 Å². The number of aromatic nitrogens is 3. The van der Waals surface area contributed by atoms with Crippen molar-refractivity contribution in [2.45, 2.75) is 57.0 Å². The van der Waals surface area contributed by atoms with Gasteiger partial charge in [0.15, 0.2) is 5.69 Å². The Bertz CT molecular complexity index is 829. The first-order valence-electron chi connectivity index (χ1n) is 9.42. The molecule has 0 radical (unpaired) electrons. The van der Waals surface area contributed by atoms with Crippen LogP contribution in [0, 0.1) is 6.92 Å². The normalized spacial score (nSPS) is 26.3. The summed E-state index contributed by atoms with van der Waals surface area (Å²) in [7, 11) is 0. The summed E-state index contributed by atoms with van der Waals surface area (Å²) in [5.41, 5.74) is 0.771. The lowest BCUT2D eigenvalue weighted by Crippen LogP contribution is -2.66. The number of hydrogen-bond donors (Lipinski definition) is 0. The Kier molecular flexibility index (Phi) is 4.10. The van der Waals surface area contributed by atoms with Crippen molar-refractivity contribution in [3.05, 3.63) is 26.7 Å². The van der Waals surface area contributed by atoms with Crippen molar-refractivity contribution in [2.24, 2.45) is 0 Å². The number of rotatable bonds is 4. The molecule has 1 atom stereocenters. The van der Waals surface area contributed by atoms with E-state index in [9.17, 15) is 4.79 Å².